The van der Waals surface area contributed by atoms with Crippen LogP contribution in [0.15, 0.2) is 12.1 Å². The molecule has 1 aliphatic carbocycles. The molecule has 4 heteroatoms. The molecule has 0 aromatic heterocycles. The van der Waals surface area contributed by atoms with Crippen LogP contribution in [0, 0.1) is 0 Å². The SMILES string of the molecule is CN(CCCl)[C@@H]1CCc2cc(O)c(O)cc2C1. The summed E-state index contributed by atoms with van der Waals surface area (Å²) in [7, 11) is 2.08. The third kappa shape index (κ3) is 2.67. The van der Waals surface area contributed by atoms with Crippen LogP contribution in [0.3, 0.4) is 0 Å². The number of alkyl halides is 1. The fourth-order valence-corrected chi connectivity index (χ4v) is 2.72. The standard InChI is InChI=1S/C13H18ClNO2/c1-15(5-4-14)11-3-2-9-7-12(16)13(17)8-10(9)6-11/h7-8,11,16-17H,2-6H2,1H3/t11-/m1/s1. The Labute approximate surface area is 107 Å². The van der Waals surface area contributed by atoms with Gasteiger partial charge in [0.15, 0.2) is 11.5 Å². The molecule has 0 heterocycles. The van der Waals surface area contributed by atoms with Gasteiger partial charge in [-0.15, -0.1) is 11.6 Å². The Balaban J connectivity index is 2.15. The monoisotopic (exact) mass is 255 g/mol. The molecule has 1 atom stereocenters. The molecule has 0 spiro atoms. The quantitative estimate of drug-likeness (QED) is 0.642. The molecule has 0 fully saturated rings. The van der Waals surface area contributed by atoms with Gasteiger partial charge in [0.1, 0.15) is 0 Å². The van der Waals surface area contributed by atoms with E-state index in [9.17, 15) is 10.2 Å². The zero-order valence-corrected chi connectivity index (χ0v) is 10.7. The van der Waals surface area contributed by atoms with Gasteiger partial charge >= 0.3 is 0 Å². The van der Waals surface area contributed by atoms with E-state index in [0.717, 1.165) is 36.9 Å². The van der Waals surface area contributed by atoms with Crippen LogP contribution in [-0.2, 0) is 12.8 Å². The average Bonchev–Trinajstić information content (AvgIpc) is 2.30. The van der Waals surface area contributed by atoms with Crippen LogP contribution in [0.1, 0.15) is 17.5 Å². The maximum atomic E-state index is 9.52. The second-order valence-corrected chi connectivity index (χ2v) is 5.05. The maximum Gasteiger partial charge on any atom is 0.157 e. The number of phenolic OH excluding ortho intramolecular Hbond substituents is 2. The van der Waals surface area contributed by atoms with Gasteiger partial charge in [-0.05, 0) is 49.6 Å². The summed E-state index contributed by atoms with van der Waals surface area (Å²) < 4.78 is 0. The van der Waals surface area contributed by atoms with Crippen LogP contribution in [0.4, 0.5) is 0 Å². The zero-order chi connectivity index (χ0) is 12.4. The highest BCUT2D eigenvalue weighted by Gasteiger charge is 2.22. The predicted molar refractivity (Wildman–Crippen MR) is 68.9 cm³/mol. The van der Waals surface area contributed by atoms with E-state index in [0.29, 0.717) is 11.9 Å². The van der Waals surface area contributed by atoms with Crippen LogP contribution < -0.4 is 0 Å². The van der Waals surface area contributed by atoms with Crippen LogP contribution in [0.25, 0.3) is 0 Å². The first-order valence-corrected chi connectivity index (χ1v) is 6.45. The summed E-state index contributed by atoms with van der Waals surface area (Å²) in [4.78, 5) is 2.26. The van der Waals surface area contributed by atoms with Gasteiger partial charge in [-0.25, -0.2) is 0 Å². The normalized spacial score (nSPS) is 19.4. The van der Waals surface area contributed by atoms with E-state index in [1.165, 1.54) is 0 Å². The van der Waals surface area contributed by atoms with E-state index in [4.69, 9.17) is 11.6 Å². The van der Waals surface area contributed by atoms with Crippen molar-refractivity contribution in [2.45, 2.75) is 25.3 Å². The number of hydrogen-bond acceptors (Lipinski definition) is 3. The van der Waals surface area contributed by atoms with E-state index in [2.05, 4.69) is 11.9 Å². The number of aryl methyl sites for hydroxylation is 1. The maximum absolute atomic E-state index is 9.52. The summed E-state index contributed by atoms with van der Waals surface area (Å²) in [5.41, 5.74) is 2.29. The van der Waals surface area contributed by atoms with Crippen LogP contribution in [-0.4, -0.2) is 40.6 Å². The Morgan fingerprint density at radius 2 is 1.94 bits per heavy atom. The largest absolute Gasteiger partial charge is 0.504 e. The van der Waals surface area contributed by atoms with Crippen molar-refractivity contribution in [2.75, 3.05) is 19.5 Å². The smallest absolute Gasteiger partial charge is 0.157 e. The Kier molecular flexibility index (Phi) is 3.79. The number of likely N-dealkylation sites (N-methyl/N-ethyl adjacent to an activating group) is 1. The molecule has 2 rings (SSSR count). The Morgan fingerprint density at radius 3 is 2.59 bits per heavy atom. The number of halogens is 1. The molecule has 94 valence electrons. The van der Waals surface area contributed by atoms with Crippen molar-refractivity contribution in [3.05, 3.63) is 23.3 Å². The Morgan fingerprint density at radius 1 is 1.29 bits per heavy atom. The third-order valence-corrected chi connectivity index (χ3v) is 3.73. The number of nitrogens with zero attached hydrogens (tertiary/aromatic N) is 1. The molecule has 0 saturated heterocycles. The minimum Gasteiger partial charge on any atom is -0.504 e. The second-order valence-electron chi connectivity index (χ2n) is 4.68. The number of rotatable bonds is 3. The molecule has 0 unspecified atom stereocenters. The van der Waals surface area contributed by atoms with Crippen LogP contribution >= 0.6 is 11.6 Å². The van der Waals surface area contributed by atoms with Crippen molar-refractivity contribution in [1.82, 2.24) is 4.90 Å². The summed E-state index contributed by atoms with van der Waals surface area (Å²) in [5.74, 6) is 0.599. The van der Waals surface area contributed by atoms with Gasteiger partial charge in [0, 0.05) is 18.5 Å². The molecule has 1 aromatic rings. The summed E-state index contributed by atoms with van der Waals surface area (Å²) >= 11 is 5.75. The van der Waals surface area contributed by atoms with E-state index in [1.807, 2.05) is 0 Å². The van der Waals surface area contributed by atoms with E-state index in [1.54, 1.807) is 12.1 Å². The first-order chi connectivity index (χ1) is 8.11. The Hall–Kier alpha value is -0.930. The van der Waals surface area contributed by atoms with Crippen LogP contribution in [0.2, 0.25) is 0 Å². The van der Waals surface area contributed by atoms with Gasteiger partial charge in [-0.1, -0.05) is 0 Å². The van der Waals surface area contributed by atoms with Crippen molar-refractivity contribution in [2.24, 2.45) is 0 Å². The van der Waals surface area contributed by atoms with Crippen LogP contribution in [0.5, 0.6) is 11.5 Å². The number of fused-ring (bicyclic) bond motifs is 1. The molecule has 0 radical (unpaired) electrons. The second kappa shape index (κ2) is 5.15. The molecular formula is C13H18ClNO2. The summed E-state index contributed by atoms with van der Waals surface area (Å²) in [6, 6.07) is 3.85. The lowest BCUT2D eigenvalue weighted by atomic mass is 9.87. The van der Waals surface area contributed by atoms with Gasteiger partial charge in [-0.2, -0.15) is 0 Å². The van der Waals surface area contributed by atoms with Crippen molar-refractivity contribution in [3.63, 3.8) is 0 Å². The molecule has 0 amide bonds. The topological polar surface area (TPSA) is 43.7 Å². The number of benzene rings is 1. The molecule has 1 aromatic carbocycles. The highest BCUT2D eigenvalue weighted by atomic mass is 35.5. The first-order valence-electron chi connectivity index (χ1n) is 5.91. The summed E-state index contributed by atoms with van der Waals surface area (Å²) in [6.45, 7) is 0.881. The lowest BCUT2D eigenvalue weighted by Gasteiger charge is -2.32. The molecule has 17 heavy (non-hydrogen) atoms. The molecule has 2 N–H and O–H groups in total. The molecule has 0 bridgehead atoms. The minimum absolute atomic E-state index is 0.0173. The molecule has 3 nitrogen and oxygen atoms in total. The summed E-state index contributed by atoms with van der Waals surface area (Å²) in [6.07, 6.45) is 2.93. The first kappa shape index (κ1) is 12.5. The van der Waals surface area contributed by atoms with Crippen molar-refractivity contribution < 1.29 is 10.2 Å². The zero-order valence-electron chi connectivity index (χ0n) is 9.99. The highest BCUT2D eigenvalue weighted by molar-refractivity contribution is 6.18. The highest BCUT2D eigenvalue weighted by Crippen LogP contribution is 2.33. The van der Waals surface area contributed by atoms with Crippen molar-refractivity contribution in [3.8, 4) is 11.5 Å². The number of aromatic hydroxyl groups is 2. The number of hydrogen-bond donors (Lipinski definition) is 2. The van der Waals surface area contributed by atoms with Gasteiger partial charge in [0.2, 0.25) is 0 Å². The Bertz CT molecular complexity index is 409. The molecule has 0 saturated carbocycles. The predicted octanol–water partition coefficient (Wildman–Crippen LogP) is 2.13. The third-order valence-electron chi connectivity index (χ3n) is 3.56. The van der Waals surface area contributed by atoms with Gasteiger partial charge in [-0.3, -0.25) is 0 Å². The molecular weight excluding hydrogens is 238 g/mol. The van der Waals surface area contributed by atoms with E-state index in [-0.39, 0.29) is 11.5 Å². The lowest BCUT2D eigenvalue weighted by molar-refractivity contribution is 0.233. The lowest BCUT2D eigenvalue weighted by Crippen LogP contribution is -2.37. The van der Waals surface area contributed by atoms with Crippen molar-refractivity contribution in [1.29, 1.82) is 0 Å². The van der Waals surface area contributed by atoms with E-state index < -0.39 is 0 Å². The molecule has 1 aliphatic rings. The minimum atomic E-state index is -0.0237. The molecule has 0 aliphatic heterocycles. The van der Waals surface area contributed by atoms with Crippen molar-refractivity contribution >= 4 is 11.6 Å². The van der Waals surface area contributed by atoms with E-state index >= 15 is 0 Å². The van der Waals surface area contributed by atoms with Gasteiger partial charge in [0.25, 0.3) is 0 Å². The fraction of sp³-hybridized carbons (Fsp3) is 0.538. The van der Waals surface area contributed by atoms with Gasteiger partial charge < -0.3 is 15.1 Å². The average molecular weight is 256 g/mol. The summed E-state index contributed by atoms with van der Waals surface area (Å²) in [5, 5.41) is 19.0. The number of phenols is 2. The fourth-order valence-electron chi connectivity index (χ4n) is 2.46. The van der Waals surface area contributed by atoms with Gasteiger partial charge in [0.05, 0.1) is 0 Å².